The van der Waals surface area contributed by atoms with Gasteiger partial charge in [-0.1, -0.05) is 20.3 Å². The van der Waals surface area contributed by atoms with Crippen molar-refractivity contribution in [1.82, 2.24) is 15.3 Å². The van der Waals surface area contributed by atoms with Gasteiger partial charge in [0.15, 0.2) is 0 Å². The summed E-state index contributed by atoms with van der Waals surface area (Å²) in [6.45, 7) is 7.10. The molecule has 5 nitrogen and oxygen atoms in total. The molecule has 0 aliphatic carbocycles. The molecule has 5 heteroatoms. The van der Waals surface area contributed by atoms with Crippen LogP contribution in [0.5, 0.6) is 0 Å². The number of carbonyl (C=O) groups excluding carboxylic acids is 1. The first-order chi connectivity index (χ1) is 9.08. The number of nitrogens with zero attached hydrogens (tertiary/aromatic N) is 3. The lowest BCUT2D eigenvalue weighted by molar-refractivity contribution is 0.0934. The largest absolute Gasteiger partial charge is 0.358 e. The van der Waals surface area contributed by atoms with Crippen LogP contribution in [0.1, 0.15) is 50.5 Å². The van der Waals surface area contributed by atoms with E-state index in [9.17, 15) is 4.79 Å². The van der Waals surface area contributed by atoms with Crippen LogP contribution in [-0.2, 0) is 0 Å². The minimum absolute atomic E-state index is 0.154. The molecule has 1 rings (SSSR count). The lowest BCUT2D eigenvalue weighted by Gasteiger charge is -2.17. The lowest BCUT2D eigenvalue weighted by Crippen LogP contribution is -2.32. The Balaban J connectivity index is 2.62. The maximum atomic E-state index is 11.8. The van der Waals surface area contributed by atoms with Crippen LogP contribution in [0.2, 0.25) is 0 Å². The number of aromatic nitrogens is 2. The highest BCUT2D eigenvalue weighted by atomic mass is 16.1. The number of nitrogens with one attached hydrogen (secondary N) is 1. The highest BCUT2D eigenvalue weighted by molar-refractivity contribution is 5.92. The zero-order valence-electron chi connectivity index (χ0n) is 12.3. The highest BCUT2D eigenvalue weighted by Gasteiger charge is 2.11. The average molecular weight is 264 g/mol. The summed E-state index contributed by atoms with van der Waals surface area (Å²) in [4.78, 5) is 22.4. The van der Waals surface area contributed by atoms with Gasteiger partial charge in [-0.05, 0) is 19.8 Å². The Hall–Kier alpha value is -1.65. The molecule has 1 unspecified atom stereocenters. The molecule has 106 valence electrons. The first kappa shape index (κ1) is 15.4. The third-order valence-electron chi connectivity index (χ3n) is 3.10. The third-order valence-corrected chi connectivity index (χ3v) is 3.10. The predicted octanol–water partition coefficient (Wildman–Crippen LogP) is 2.24. The maximum absolute atomic E-state index is 11.8. The van der Waals surface area contributed by atoms with E-state index in [1.54, 1.807) is 6.20 Å². The molecule has 0 saturated heterocycles. The summed E-state index contributed by atoms with van der Waals surface area (Å²) >= 11 is 0. The van der Waals surface area contributed by atoms with E-state index in [2.05, 4.69) is 22.2 Å². The number of carbonyl (C=O) groups is 1. The molecule has 0 spiro atoms. The normalized spacial score (nSPS) is 12.0. The average Bonchev–Trinajstić information content (AvgIpc) is 2.44. The Kier molecular flexibility index (Phi) is 6.25. The van der Waals surface area contributed by atoms with E-state index in [4.69, 9.17) is 0 Å². The molecule has 0 bridgehead atoms. The SMILES string of the molecule is CCCCN(C)c1cnc(C(=O)NC(C)CC)cn1. The standard InChI is InChI=1S/C14H24N4O/c1-5-7-8-18(4)13-10-15-12(9-16-13)14(19)17-11(3)6-2/h9-11H,5-8H2,1-4H3,(H,17,19). The molecular weight excluding hydrogens is 240 g/mol. The fraction of sp³-hybridized carbons (Fsp3) is 0.643. The zero-order chi connectivity index (χ0) is 14.3. The van der Waals surface area contributed by atoms with Gasteiger partial charge in [-0.25, -0.2) is 9.97 Å². The van der Waals surface area contributed by atoms with Gasteiger partial charge in [0.2, 0.25) is 0 Å². The number of rotatable bonds is 7. The van der Waals surface area contributed by atoms with Crippen LogP contribution in [0.3, 0.4) is 0 Å². The van der Waals surface area contributed by atoms with Crippen molar-refractivity contribution < 1.29 is 4.79 Å². The van der Waals surface area contributed by atoms with Crippen molar-refractivity contribution >= 4 is 11.7 Å². The molecule has 0 saturated carbocycles. The van der Waals surface area contributed by atoms with Crippen LogP contribution in [0.25, 0.3) is 0 Å². The van der Waals surface area contributed by atoms with Gasteiger partial charge in [0.25, 0.3) is 5.91 Å². The van der Waals surface area contributed by atoms with Crippen molar-refractivity contribution in [2.45, 2.75) is 46.1 Å². The van der Waals surface area contributed by atoms with Gasteiger partial charge < -0.3 is 10.2 Å². The molecule has 0 radical (unpaired) electrons. The van der Waals surface area contributed by atoms with Crippen molar-refractivity contribution in [3.8, 4) is 0 Å². The van der Waals surface area contributed by atoms with Crippen molar-refractivity contribution in [1.29, 1.82) is 0 Å². The summed E-state index contributed by atoms with van der Waals surface area (Å²) in [6.07, 6.45) is 6.36. The van der Waals surface area contributed by atoms with Crippen molar-refractivity contribution in [2.75, 3.05) is 18.5 Å². The summed E-state index contributed by atoms with van der Waals surface area (Å²) in [5.41, 5.74) is 0.368. The van der Waals surface area contributed by atoms with Gasteiger partial charge in [0, 0.05) is 19.6 Å². The van der Waals surface area contributed by atoms with Gasteiger partial charge in [0.05, 0.1) is 12.4 Å². The molecule has 1 N–H and O–H groups in total. The molecular formula is C14H24N4O. The van der Waals surface area contributed by atoms with Crippen LogP contribution in [0, 0.1) is 0 Å². The van der Waals surface area contributed by atoms with Crippen LogP contribution in [0.4, 0.5) is 5.82 Å². The summed E-state index contributed by atoms with van der Waals surface area (Å²) in [7, 11) is 1.98. The molecule has 1 amide bonds. The summed E-state index contributed by atoms with van der Waals surface area (Å²) in [6, 6.07) is 0.154. The summed E-state index contributed by atoms with van der Waals surface area (Å²) < 4.78 is 0. The minimum atomic E-state index is -0.162. The number of anilines is 1. The number of unbranched alkanes of at least 4 members (excludes halogenated alkanes) is 1. The third kappa shape index (κ3) is 4.85. The molecule has 0 aliphatic heterocycles. The first-order valence-electron chi connectivity index (χ1n) is 6.92. The van der Waals surface area contributed by atoms with Crippen molar-refractivity contribution in [2.24, 2.45) is 0 Å². The Labute approximate surface area is 115 Å². The number of hydrogen-bond donors (Lipinski definition) is 1. The molecule has 19 heavy (non-hydrogen) atoms. The minimum Gasteiger partial charge on any atom is -0.358 e. The van der Waals surface area contributed by atoms with Gasteiger partial charge in [-0.3, -0.25) is 4.79 Å². The molecule has 1 aromatic rings. The van der Waals surface area contributed by atoms with Crippen LogP contribution < -0.4 is 10.2 Å². The van der Waals surface area contributed by atoms with E-state index in [0.29, 0.717) is 5.69 Å². The second kappa shape index (κ2) is 7.71. The van der Waals surface area contributed by atoms with Crippen molar-refractivity contribution in [3.63, 3.8) is 0 Å². The van der Waals surface area contributed by atoms with Gasteiger partial charge in [-0.15, -0.1) is 0 Å². The second-order valence-corrected chi connectivity index (χ2v) is 4.82. The number of hydrogen-bond acceptors (Lipinski definition) is 4. The zero-order valence-corrected chi connectivity index (χ0v) is 12.3. The maximum Gasteiger partial charge on any atom is 0.271 e. The van der Waals surface area contributed by atoms with E-state index in [-0.39, 0.29) is 11.9 Å². The molecule has 0 fully saturated rings. The molecule has 1 atom stereocenters. The first-order valence-corrected chi connectivity index (χ1v) is 6.92. The number of amides is 1. The Bertz CT molecular complexity index is 391. The van der Waals surface area contributed by atoms with Gasteiger partial charge in [0.1, 0.15) is 11.5 Å². The molecule has 0 aliphatic rings. The van der Waals surface area contributed by atoms with Gasteiger partial charge >= 0.3 is 0 Å². The Morgan fingerprint density at radius 3 is 2.63 bits per heavy atom. The lowest BCUT2D eigenvalue weighted by atomic mass is 10.2. The fourth-order valence-corrected chi connectivity index (χ4v) is 1.55. The second-order valence-electron chi connectivity index (χ2n) is 4.82. The highest BCUT2D eigenvalue weighted by Crippen LogP contribution is 2.08. The Morgan fingerprint density at radius 2 is 2.11 bits per heavy atom. The van der Waals surface area contributed by atoms with Crippen molar-refractivity contribution in [3.05, 3.63) is 18.1 Å². The molecule has 1 heterocycles. The quantitative estimate of drug-likeness (QED) is 0.820. The van der Waals surface area contributed by atoms with Crippen LogP contribution in [0.15, 0.2) is 12.4 Å². The fourth-order valence-electron chi connectivity index (χ4n) is 1.55. The van der Waals surface area contributed by atoms with Crippen LogP contribution >= 0.6 is 0 Å². The Morgan fingerprint density at radius 1 is 1.37 bits per heavy atom. The van der Waals surface area contributed by atoms with E-state index in [0.717, 1.165) is 31.6 Å². The topological polar surface area (TPSA) is 58.1 Å². The monoisotopic (exact) mass is 264 g/mol. The summed E-state index contributed by atoms with van der Waals surface area (Å²) in [5, 5.41) is 2.87. The van der Waals surface area contributed by atoms with Gasteiger partial charge in [-0.2, -0.15) is 0 Å². The molecule has 0 aromatic carbocycles. The van der Waals surface area contributed by atoms with E-state index < -0.39 is 0 Å². The van der Waals surface area contributed by atoms with E-state index in [1.807, 2.05) is 25.8 Å². The molecule has 1 aromatic heterocycles. The van der Waals surface area contributed by atoms with E-state index >= 15 is 0 Å². The summed E-state index contributed by atoms with van der Waals surface area (Å²) in [5.74, 6) is 0.637. The smallest absolute Gasteiger partial charge is 0.271 e. The van der Waals surface area contributed by atoms with Crippen LogP contribution in [-0.4, -0.2) is 35.5 Å². The predicted molar refractivity (Wildman–Crippen MR) is 77.4 cm³/mol. The van der Waals surface area contributed by atoms with E-state index in [1.165, 1.54) is 6.20 Å².